The second-order valence-corrected chi connectivity index (χ2v) is 11.3. The Balaban J connectivity index is 2.50. The number of carbonyl (C=O) groups excluding carboxylic acids is 3. The molecule has 0 heterocycles. The summed E-state index contributed by atoms with van der Waals surface area (Å²) in [6.45, 7) is 13.1. The number of ether oxygens (including phenoxy) is 1. The minimum absolute atomic E-state index is 0.000360. The Morgan fingerprint density at radius 2 is 1.78 bits per heavy atom. The maximum absolute atomic E-state index is 14.1. The predicted molar refractivity (Wildman–Crippen MR) is 145 cm³/mol. The summed E-state index contributed by atoms with van der Waals surface area (Å²) in [4.78, 5) is 42.2. The number of aromatic hydroxyl groups is 1. The molecule has 1 aromatic carbocycles. The number of nitrogens with one attached hydrogen (secondary N) is 2. The molecule has 0 bridgehead atoms. The number of hydrogen-bond acceptors (Lipinski definition) is 5. The van der Waals surface area contributed by atoms with Crippen LogP contribution in [0.5, 0.6) is 5.75 Å². The van der Waals surface area contributed by atoms with Gasteiger partial charge in [0.05, 0.1) is 0 Å². The van der Waals surface area contributed by atoms with Crippen LogP contribution >= 0.6 is 0 Å². The van der Waals surface area contributed by atoms with E-state index in [1.54, 1.807) is 45.9 Å². The van der Waals surface area contributed by atoms with Gasteiger partial charge in [-0.25, -0.2) is 4.79 Å². The van der Waals surface area contributed by atoms with Gasteiger partial charge in [-0.05, 0) is 58.4 Å². The first-order chi connectivity index (χ1) is 17.4. The fourth-order valence-electron chi connectivity index (χ4n) is 4.78. The van der Waals surface area contributed by atoms with Crippen molar-refractivity contribution in [3.8, 4) is 5.75 Å². The molecule has 3 N–H and O–H groups in total. The lowest BCUT2D eigenvalue weighted by Gasteiger charge is -2.37. The van der Waals surface area contributed by atoms with Crippen LogP contribution in [0, 0.1) is 12.8 Å². The molecule has 0 spiro atoms. The number of aryl methyl sites for hydroxylation is 1. The zero-order valence-electron chi connectivity index (χ0n) is 23.7. The second kappa shape index (κ2) is 13.7. The molecule has 0 aliphatic heterocycles. The molecule has 37 heavy (non-hydrogen) atoms. The first-order valence-corrected chi connectivity index (χ1v) is 13.8. The highest BCUT2D eigenvalue weighted by molar-refractivity contribution is 5.93. The third-order valence-electron chi connectivity index (χ3n) is 6.97. The number of hydrogen-bond donors (Lipinski definition) is 3. The second-order valence-electron chi connectivity index (χ2n) is 11.3. The van der Waals surface area contributed by atoms with Crippen molar-refractivity contribution in [3.05, 3.63) is 29.3 Å². The summed E-state index contributed by atoms with van der Waals surface area (Å²) < 4.78 is 5.44. The van der Waals surface area contributed by atoms with E-state index in [4.69, 9.17) is 4.74 Å². The number of amides is 3. The molecular weight excluding hydrogens is 470 g/mol. The minimum atomic E-state index is -1.03. The van der Waals surface area contributed by atoms with E-state index >= 15 is 0 Å². The van der Waals surface area contributed by atoms with Gasteiger partial charge in [0.1, 0.15) is 23.4 Å². The van der Waals surface area contributed by atoms with Gasteiger partial charge in [0.15, 0.2) is 0 Å². The average Bonchev–Trinajstić information content (AvgIpc) is 2.83. The highest BCUT2D eigenvalue weighted by Gasteiger charge is 2.39. The molecule has 8 nitrogen and oxygen atoms in total. The van der Waals surface area contributed by atoms with Crippen LogP contribution in [-0.4, -0.2) is 52.1 Å². The zero-order chi connectivity index (χ0) is 27.8. The predicted octanol–water partition coefficient (Wildman–Crippen LogP) is 5.37. The number of phenolic OH excluding ortho intramolecular Hbond substituents is 1. The van der Waals surface area contributed by atoms with Crippen LogP contribution in [0.1, 0.15) is 104 Å². The van der Waals surface area contributed by atoms with Gasteiger partial charge in [0.2, 0.25) is 11.8 Å². The van der Waals surface area contributed by atoms with Crippen molar-refractivity contribution < 1.29 is 24.2 Å². The molecule has 1 aromatic rings. The zero-order valence-corrected chi connectivity index (χ0v) is 23.7. The summed E-state index contributed by atoms with van der Waals surface area (Å²) in [5.41, 5.74) is 0.295. The van der Waals surface area contributed by atoms with Gasteiger partial charge < -0.3 is 25.4 Å². The lowest BCUT2D eigenvalue weighted by molar-refractivity contribution is -0.144. The van der Waals surface area contributed by atoms with Crippen molar-refractivity contribution >= 4 is 17.9 Å². The Kier molecular flexibility index (Phi) is 11.3. The maximum atomic E-state index is 14.1. The SMILES string of the molecule is CCCN(C(=O)C(NC(=O)OC(C)(C)C)C(C)CC)C(C(=O)NC1CCCCC1)c1cccc(C)c1O. The highest BCUT2D eigenvalue weighted by Crippen LogP contribution is 2.33. The molecule has 3 amide bonds. The lowest BCUT2D eigenvalue weighted by Crippen LogP contribution is -2.56. The number of carbonyl (C=O) groups is 3. The minimum Gasteiger partial charge on any atom is -0.507 e. The molecule has 0 radical (unpaired) electrons. The lowest BCUT2D eigenvalue weighted by atomic mass is 9.93. The highest BCUT2D eigenvalue weighted by atomic mass is 16.6. The number of phenols is 1. The number of nitrogens with zero attached hydrogens (tertiary/aromatic N) is 1. The number of benzene rings is 1. The molecule has 1 aliphatic rings. The maximum Gasteiger partial charge on any atom is 0.408 e. The van der Waals surface area contributed by atoms with Crippen LogP contribution in [0.15, 0.2) is 18.2 Å². The molecule has 0 saturated heterocycles. The summed E-state index contributed by atoms with van der Waals surface area (Å²) in [6.07, 6.45) is 5.63. The molecule has 1 saturated carbocycles. The molecule has 8 heteroatoms. The first kappa shape index (κ1) is 30.5. The molecule has 208 valence electrons. The fraction of sp³-hybridized carbons (Fsp3) is 0.690. The smallest absolute Gasteiger partial charge is 0.408 e. The Labute approximate surface area is 222 Å². The quantitative estimate of drug-likeness (QED) is 0.387. The Morgan fingerprint density at radius 1 is 1.14 bits per heavy atom. The van der Waals surface area contributed by atoms with E-state index < -0.39 is 23.8 Å². The summed E-state index contributed by atoms with van der Waals surface area (Å²) >= 11 is 0. The van der Waals surface area contributed by atoms with Crippen LogP contribution in [-0.2, 0) is 14.3 Å². The van der Waals surface area contributed by atoms with Gasteiger partial charge in [-0.3, -0.25) is 9.59 Å². The summed E-state index contributed by atoms with van der Waals surface area (Å²) in [7, 11) is 0. The van der Waals surface area contributed by atoms with Gasteiger partial charge in [-0.1, -0.05) is 64.7 Å². The van der Waals surface area contributed by atoms with Gasteiger partial charge in [-0.2, -0.15) is 0 Å². The van der Waals surface area contributed by atoms with Crippen LogP contribution in [0.25, 0.3) is 0 Å². The van der Waals surface area contributed by atoms with Crippen LogP contribution in [0.2, 0.25) is 0 Å². The van der Waals surface area contributed by atoms with E-state index in [0.29, 0.717) is 24.0 Å². The molecule has 1 fully saturated rings. The average molecular weight is 518 g/mol. The Morgan fingerprint density at radius 3 is 2.35 bits per heavy atom. The van der Waals surface area contributed by atoms with Crippen LogP contribution in [0.4, 0.5) is 4.79 Å². The standard InChI is InChI=1S/C29H47N3O5/c1-8-18-32(27(35)23(19(3)9-2)31-28(36)37-29(5,6)7)24(22-17-13-14-20(4)25(22)33)26(34)30-21-15-11-10-12-16-21/h13-14,17,19,21,23-24,33H,8-12,15-16,18H2,1-7H3,(H,30,34)(H,31,36). The van der Waals surface area contributed by atoms with Crippen LogP contribution < -0.4 is 10.6 Å². The Hall–Kier alpha value is -2.77. The molecule has 2 rings (SSSR count). The van der Waals surface area contributed by atoms with Crippen LogP contribution in [0.3, 0.4) is 0 Å². The third kappa shape index (κ3) is 8.64. The van der Waals surface area contributed by atoms with E-state index in [0.717, 1.165) is 32.1 Å². The Bertz CT molecular complexity index is 921. The van der Waals surface area contributed by atoms with Gasteiger partial charge in [0.25, 0.3) is 0 Å². The van der Waals surface area contributed by atoms with Gasteiger partial charge >= 0.3 is 6.09 Å². The van der Waals surface area contributed by atoms with E-state index in [9.17, 15) is 19.5 Å². The molecule has 0 aromatic heterocycles. The fourth-order valence-corrected chi connectivity index (χ4v) is 4.78. The summed E-state index contributed by atoms with van der Waals surface area (Å²) in [5.74, 6) is -0.880. The van der Waals surface area contributed by atoms with Crippen molar-refractivity contribution in [2.75, 3.05) is 6.54 Å². The normalized spacial score (nSPS) is 16.8. The van der Waals surface area contributed by atoms with Crippen molar-refractivity contribution in [1.82, 2.24) is 15.5 Å². The third-order valence-corrected chi connectivity index (χ3v) is 6.97. The molecule has 3 unspecified atom stereocenters. The van der Waals surface area contributed by atoms with Gasteiger partial charge in [-0.15, -0.1) is 0 Å². The van der Waals surface area contributed by atoms with Crippen molar-refractivity contribution in [3.63, 3.8) is 0 Å². The number of para-hydroxylation sites is 1. The van der Waals surface area contributed by atoms with E-state index in [1.165, 1.54) is 4.90 Å². The van der Waals surface area contributed by atoms with E-state index in [1.807, 2.05) is 20.8 Å². The number of alkyl carbamates (subject to hydrolysis) is 1. The van der Waals surface area contributed by atoms with Crippen molar-refractivity contribution in [1.29, 1.82) is 0 Å². The topological polar surface area (TPSA) is 108 Å². The first-order valence-electron chi connectivity index (χ1n) is 13.8. The van der Waals surface area contributed by atoms with Crippen molar-refractivity contribution in [2.45, 2.75) is 117 Å². The van der Waals surface area contributed by atoms with E-state index in [2.05, 4.69) is 10.6 Å². The number of rotatable bonds is 10. The van der Waals surface area contributed by atoms with E-state index in [-0.39, 0.29) is 36.1 Å². The monoisotopic (exact) mass is 517 g/mol. The summed E-state index contributed by atoms with van der Waals surface area (Å²) in [6, 6.07) is 3.38. The van der Waals surface area contributed by atoms with Gasteiger partial charge in [0, 0.05) is 18.2 Å². The summed E-state index contributed by atoms with van der Waals surface area (Å²) in [5, 5.41) is 16.9. The molecular formula is C29H47N3O5. The van der Waals surface area contributed by atoms with Crippen molar-refractivity contribution in [2.24, 2.45) is 5.92 Å². The molecule has 3 atom stereocenters. The largest absolute Gasteiger partial charge is 0.507 e. The molecule has 1 aliphatic carbocycles.